The maximum absolute atomic E-state index is 8.80. The molecule has 0 fully saturated rings. The third kappa shape index (κ3) is 6.91. The lowest BCUT2D eigenvalue weighted by Gasteiger charge is -2.22. The number of aromatic nitrogens is 1. The van der Waals surface area contributed by atoms with Gasteiger partial charge in [0.25, 0.3) is 0 Å². The molecule has 0 amide bonds. The third-order valence-corrected chi connectivity index (χ3v) is 3.44. The maximum Gasteiger partial charge on any atom is 0.131 e. The van der Waals surface area contributed by atoms with Gasteiger partial charge in [-0.2, -0.15) is 0 Å². The molecule has 0 saturated carbocycles. The first-order valence-corrected chi connectivity index (χ1v) is 7.86. The molecule has 0 aliphatic rings. The van der Waals surface area contributed by atoms with Gasteiger partial charge >= 0.3 is 0 Å². The fraction of sp³-hybridized carbons (Fsp3) is 0.706. The van der Waals surface area contributed by atoms with E-state index in [-0.39, 0.29) is 12.1 Å². The molecule has 0 aliphatic heterocycles. The number of anilines is 1. The first-order valence-electron chi connectivity index (χ1n) is 7.86. The molecule has 1 aromatic heterocycles. The quantitative estimate of drug-likeness (QED) is 0.724. The molecule has 0 aliphatic carbocycles. The zero-order valence-corrected chi connectivity index (χ0v) is 14.2. The van der Waals surface area contributed by atoms with Crippen LogP contribution in [0.15, 0.2) is 12.3 Å². The van der Waals surface area contributed by atoms with Crippen LogP contribution in [0.2, 0.25) is 0 Å². The highest BCUT2D eigenvalue weighted by Gasteiger charge is 2.10. The minimum Gasteiger partial charge on any atom is -0.396 e. The third-order valence-electron chi connectivity index (χ3n) is 3.44. The van der Waals surface area contributed by atoms with E-state index in [9.17, 15) is 0 Å². The summed E-state index contributed by atoms with van der Waals surface area (Å²) in [6, 6.07) is 2.21. The van der Waals surface area contributed by atoms with Gasteiger partial charge in [-0.1, -0.05) is 0 Å². The Morgan fingerprint density at radius 1 is 1.24 bits per heavy atom. The summed E-state index contributed by atoms with van der Waals surface area (Å²) in [5.74, 6) is 1.05. The van der Waals surface area contributed by atoms with Crippen molar-refractivity contribution >= 4 is 5.82 Å². The van der Waals surface area contributed by atoms with E-state index >= 15 is 0 Å². The average Bonchev–Trinajstić information content (AvgIpc) is 2.40. The summed E-state index contributed by atoms with van der Waals surface area (Å²) >= 11 is 0. The van der Waals surface area contributed by atoms with E-state index in [2.05, 4.69) is 56.0 Å². The van der Waals surface area contributed by atoms with Crippen LogP contribution in [-0.2, 0) is 6.54 Å². The molecule has 0 radical (unpaired) electrons. The Labute approximate surface area is 129 Å². The number of rotatable bonds is 8. The highest BCUT2D eigenvalue weighted by Crippen LogP contribution is 2.17. The SMILES string of the molecule is Cc1cc(CNC(C)(C)C)cnc1N(C)CCCCCO. The smallest absolute Gasteiger partial charge is 0.131 e. The summed E-state index contributed by atoms with van der Waals surface area (Å²) in [6.45, 7) is 10.7. The van der Waals surface area contributed by atoms with E-state index < -0.39 is 0 Å². The van der Waals surface area contributed by atoms with E-state index in [0.29, 0.717) is 0 Å². The Kier molecular flexibility index (Phi) is 7.12. The van der Waals surface area contributed by atoms with E-state index in [1.54, 1.807) is 0 Å². The van der Waals surface area contributed by atoms with Crippen LogP contribution < -0.4 is 10.2 Å². The van der Waals surface area contributed by atoms with Crippen molar-refractivity contribution in [2.24, 2.45) is 0 Å². The summed E-state index contributed by atoms with van der Waals surface area (Å²) in [5.41, 5.74) is 2.56. The van der Waals surface area contributed by atoms with Gasteiger partial charge in [-0.05, 0) is 64.2 Å². The predicted molar refractivity (Wildman–Crippen MR) is 89.8 cm³/mol. The van der Waals surface area contributed by atoms with E-state index in [0.717, 1.165) is 38.2 Å². The zero-order chi connectivity index (χ0) is 15.9. The molecule has 120 valence electrons. The standard InChI is InChI=1S/C17H31N3O/c1-14-11-15(13-19-17(2,3)4)12-18-16(14)20(5)9-7-6-8-10-21/h11-12,19,21H,6-10,13H2,1-5H3. The number of nitrogens with zero attached hydrogens (tertiary/aromatic N) is 2. The number of hydrogen-bond acceptors (Lipinski definition) is 4. The van der Waals surface area contributed by atoms with Gasteiger partial charge in [0, 0.05) is 38.5 Å². The molecule has 21 heavy (non-hydrogen) atoms. The minimum absolute atomic E-state index is 0.121. The van der Waals surface area contributed by atoms with Gasteiger partial charge < -0.3 is 15.3 Å². The lowest BCUT2D eigenvalue weighted by molar-refractivity contribution is 0.283. The van der Waals surface area contributed by atoms with Gasteiger partial charge in [0.2, 0.25) is 0 Å². The second-order valence-corrected chi connectivity index (χ2v) is 6.79. The lowest BCUT2D eigenvalue weighted by Crippen LogP contribution is -2.35. The summed E-state index contributed by atoms with van der Waals surface area (Å²) in [5, 5.41) is 12.3. The van der Waals surface area contributed by atoms with Crippen LogP contribution in [0, 0.1) is 6.92 Å². The van der Waals surface area contributed by atoms with Gasteiger partial charge in [-0.3, -0.25) is 0 Å². The molecule has 0 spiro atoms. The van der Waals surface area contributed by atoms with Crippen molar-refractivity contribution in [2.45, 2.75) is 59.0 Å². The first-order chi connectivity index (χ1) is 9.83. The monoisotopic (exact) mass is 293 g/mol. The van der Waals surface area contributed by atoms with Crippen molar-refractivity contribution in [3.05, 3.63) is 23.4 Å². The van der Waals surface area contributed by atoms with Gasteiger partial charge in [0.15, 0.2) is 0 Å². The van der Waals surface area contributed by atoms with Gasteiger partial charge in [-0.15, -0.1) is 0 Å². The van der Waals surface area contributed by atoms with Crippen LogP contribution in [0.25, 0.3) is 0 Å². The number of unbranched alkanes of at least 4 members (excludes halogenated alkanes) is 2. The predicted octanol–water partition coefficient (Wildman–Crippen LogP) is 2.88. The summed E-state index contributed by atoms with van der Waals surface area (Å²) in [6.07, 6.45) is 5.00. The molecule has 0 unspecified atom stereocenters. The largest absolute Gasteiger partial charge is 0.396 e. The van der Waals surface area contributed by atoms with E-state index in [1.165, 1.54) is 11.1 Å². The Morgan fingerprint density at radius 3 is 2.52 bits per heavy atom. The van der Waals surface area contributed by atoms with Crippen molar-refractivity contribution in [2.75, 3.05) is 25.1 Å². The highest BCUT2D eigenvalue weighted by molar-refractivity contribution is 5.46. The van der Waals surface area contributed by atoms with Crippen LogP contribution in [0.1, 0.15) is 51.2 Å². The first kappa shape index (κ1) is 17.9. The Hall–Kier alpha value is -1.13. The Bertz CT molecular complexity index is 427. The fourth-order valence-corrected chi connectivity index (χ4v) is 2.23. The zero-order valence-electron chi connectivity index (χ0n) is 14.2. The molecular weight excluding hydrogens is 262 g/mol. The molecule has 0 bridgehead atoms. The summed E-state index contributed by atoms with van der Waals surface area (Å²) < 4.78 is 0. The molecule has 1 heterocycles. The number of pyridine rings is 1. The van der Waals surface area contributed by atoms with Crippen LogP contribution >= 0.6 is 0 Å². The average molecular weight is 293 g/mol. The van der Waals surface area contributed by atoms with Crippen molar-refractivity contribution in [3.63, 3.8) is 0 Å². The van der Waals surface area contributed by atoms with Gasteiger partial charge in [0.05, 0.1) is 0 Å². The number of hydrogen-bond donors (Lipinski definition) is 2. The number of aliphatic hydroxyl groups is 1. The molecule has 1 aromatic rings. The molecule has 0 aromatic carbocycles. The lowest BCUT2D eigenvalue weighted by atomic mass is 10.1. The molecule has 2 N–H and O–H groups in total. The summed E-state index contributed by atoms with van der Waals surface area (Å²) in [7, 11) is 2.08. The number of aliphatic hydroxyl groups excluding tert-OH is 1. The maximum atomic E-state index is 8.80. The van der Waals surface area contributed by atoms with E-state index in [1.807, 2.05) is 6.20 Å². The Morgan fingerprint density at radius 2 is 1.95 bits per heavy atom. The molecule has 4 heteroatoms. The van der Waals surface area contributed by atoms with Gasteiger partial charge in [0.1, 0.15) is 5.82 Å². The topological polar surface area (TPSA) is 48.4 Å². The molecule has 1 rings (SSSR count). The molecular formula is C17H31N3O. The molecule has 4 nitrogen and oxygen atoms in total. The van der Waals surface area contributed by atoms with Crippen LogP contribution in [-0.4, -0.2) is 35.8 Å². The van der Waals surface area contributed by atoms with Crippen LogP contribution in [0.5, 0.6) is 0 Å². The van der Waals surface area contributed by atoms with Crippen LogP contribution in [0.3, 0.4) is 0 Å². The summed E-state index contributed by atoms with van der Waals surface area (Å²) in [4.78, 5) is 6.82. The van der Waals surface area contributed by atoms with E-state index in [4.69, 9.17) is 5.11 Å². The van der Waals surface area contributed by atoms with Crippen molar-refractivity contribution in [1.82, 2.24) is 10.3 Å². The molecule has 0 saturated heterocycles. The second-order valence-electron chi connectivity index (χ2n) is 6.79. The Balaban J connectivity index is 2.56. The number of nitrogens with one attached hydrogen (secondary N) is 1. The molecule has 0 atom stereocenters. The second kappa shape index (κ2) is 8.35. The van der Waals surface area contributed by atoms with Gasteiger partial charge in [-0.25, -0.2) is 4.98 Å². The van der Waals surface area contributed by atoms with Crippen LogP contribution in [0.4, 0.5) is 5.82 Å². The minimum atomic E-state index is 0.121. The normalized spacial score (nSPS) is 11.7. The number of aryl methyl sites for hydroxylation is 1. The fourth-order valence-electron chi connectivity index (χ4n) is 2.23. The van der Waals surface area contributed by atoms with Crippen molar-refractivity contribution in [1.29, 1.82) is 0 Å². The van der Waals surface area contributed by atoms with Crippen molar-refractivity contribution in [3.8, 4) is 0 Å². The van der Waals surface area contributed by atoms with Crippen molar-refractivity contribution < 1.29 is 5.11 Å². The highest BCUT2D eigenvalue weighted by atomic mass is 16.2.